The number of fused-ring (bicyclic) bond motifs is 1. The van der Waals surface area contributed by atoms with Crippen molar-refractivity contribution in [1.82, 2.24) is 0 Å². The van der Waals surface area contributed by atoms with Crippen LogP contribution in [0.25, 0.3) is 11.0 Å². The van der Waals surface area contributed by atoms with E-state index in [1.165, 1.54) is 5.56 Å². The first-order chi connectivity index (χ1) is 6.59. The molecule has 0 aliphatic rings. The summed E-state index contributed by atoms with van der Waals surface area (Å²) < 4.78 is 5.40. The van der Waals surface area contributed by atoms with E-state index in [1.807, 2.05) is 6.07 Å². The van der Waals surface area contributed by atoms with Crippen LogP contribution in [0.2, 0.25) is 10.0 Å². The molecule has 0 saturated carbocycles. The quantitative estimate of drug-likeness (QED) is 0.680. The van der Waals surface area contributed by atoms with Gasteiger partial charge >= 0.3 is 0 Å². The van der Waals surface area contributed by atoms with Crippen molar-refractivity contribution in [3.8, 4) is 0 Å². The zero-order valence-corrected chi connectivity index (χ0v) is 9.49. The molecule has 0 aliphatic heterocycles. The molecule has 0 fully saturated rings. The fraction of sp³-hybridized carbons (Fsp3) is 0.273. The number of rotatable bonds is 1. The number of hydrogen-bond acceptors (Lipinski definition) is 1. The number of hydrogen-bond donors (Lipinski definition) is 0. The van der Waals surface area contributed by atoms with Gasteiger partial charge < -0.3 is 4.42 Å². The van der Waals surface area contributed by atoms with Crippen LogP contribution in [0.1, 0.15) is 25.3 Å². The Morgan fingerprint density at radius 3 is 2.43 bits per heavy atom. The van der Waals surface area contributed by atoms with Crippen molar-refractivity contribution in [1.29, 1.82) is 0 Å². The fourth-order valence-electron chi connectivity index (χ4n) is 1.49. The van der Waals surface area contributed by atoms with Gasteiger partial charge in [-0.05, 0) is 12.0 Å². The molecular weight excluding hydrogens is 219 g/mol. The smallest absolute Gasteiger partial charge is 0.135 e. The highest BCUT2D eigenvalue weighted by atomic mass is 35.5. The Kier molecular flexibility index (Phi) is 2.46. The third-order valence-corrected chi connectivity index (χ3v) is 2.99. The van der Waals surface area contributed by atoms with E-state index in [9.17, 15) is 0 Å². The number of furan rings is 1. The molecule has 1 nitrogen and oxygen atoms in total. The van der Waals surface area contributed by atoms with Crippen molar-refractivity contribution in [2.24, 2.45) is 0 Å². The van der Waals surface area contributed by atoms with Gasteiger partial charge in [-0.3, -0.25) is 0 Å². The van der Waals surface area contributed by atoms with Crippen LogP contribution in [-0.4, -0.2) is 0 Å². The molecule has 1 heterocycles. The molecule has 0 unspecified atom stereocenters. The fourth-order valence-corrected chi connectivity index (χ4v) is 1.81. The lowest BCUT2D eigenvalue weighted by molar-refractivity contribution is 0.606. The molecular formula is C11H10Cl2O. The van der Waals surface area contributed by atoms with Gasteiger partial charge in [-0.15, -0.1) is 0 Å². The van der Waals surface area contributed by atoms with E-state index < -0.39 is 0 Å². The molecule has 0 aliphatic carbocycles. The molecule has 1 aromatic heterocycles. The molecule has 2 aromatic rings. The lowest BCUT2D eigenvalue weighted by Gasteiger charge is -2.01. The average Bonchev–Trinajstić information content (AvgIpc) is 2.48. The maximum Gasteiger partial charge on any atom is 0.135 e. The van der Waals surface area contributed by atoms with E-state index >= 15 is 0 Å². The lowest BCUT2D eigenvalue weighted by atomic mass is 10.0. The minimum absolute atomic E-state index is 0.425. The summed E-state index contributed by atoms with van der Waals surface area (Å²) >= 11 is 11.8. The van der Waals surface area contributed by atoms with Crippen molar-refractivity contribution in [3.05, 3.63) is 34.0 Å². The van der Waals surface area contributed by atoms with Gasteiger partial charge in [0.25, 0.3) is 0 Å². The molecule has 0 saturated heterocycles. The predicted octanol–water partition coefficient (Wildman–Crippen LogP) is 4.86. The number of benzene rings is 1. The van der Waals surface area contributed by atoms with Gasteiger partial charge in [-0.2, -0.15) is 0 Å². The van der Waals surface area contributed by atoms with Crippen molar-refractivity contribution >= 4 is 34.2 Å². The Morgan fingerprint density at radius 1 is 1.14 bits per heavy atom. The topological polar surface area (TPSA) is 13.1 Å². The minimum atomic E-state index is 0.425. The first kappa shape index (κ1) is 9.88. The summed E-state index contributed by atoms with van der Waals surface area (Å²) in [4.78, 5) is 0. The van der Waals surface area contributed by atoms with Crippen LogP contribution in [0, 0.1) is 0 Å². The third-order valence-electron chi connectivity index (χ3n) is 2.27. The summed E-state index contributed by atoms with van der Waals surface area (Å²) in [6, 6.07) is 3.61. The largest absolute Gasteiger partial charge is 0.464 e. The summed E-state index contributed by atoms with van der Waals surface area (Å²) in [5.41, 5.74) is 1.96. The van der Waals surface area contributed by atoms with Gasteiger partial charge in [0.15, 0.2) is 0 Å². The molecule has 14 heavy (non-hydrogen) atoms. The van der Waals surface area contributed by atoms with Gasteiger partial charge in [0, 0.05) is 17.0 Å². The Hall–Kier alpha value is -0.660. The van der Waals surface area contributed by atoms with Gasteiger partial charge in [-0.1, -0.05) is 37.0 Å². The van der Waals surface area contributed by atoms with E-state index in [0.717, 1.165) is 11.0 Å². The second-order valence-corrected chi connectivity index (χ2v) is 4.42. The zero-order chi connectivity index (χ0) is 10.3. The Morgan fingerprint density at radius 2 is 1.79 bits per heavy atom. The van der Waals surface area contributed by atoms with Crippen molar-refractivity contribution in [2.45, 2.75) is 19.8 Å². The molecule has 0 radical (unpaired) electrons. The van der Waals surface area contributed by atoms with E-state index in [4.69, 9.17) is 27.6 Å². The molecule has 3 heteroatoms. The van der Waals surface area contributed by atoms with E-state index in [1.54, 1.807) is 12.3 Å². The molecule has 0 spiro atoms. The van der Waals surface area contributed by atoms with Gasteiger partial charge in [0.05, 0.1) is 16.3 Å². The number of halogens is 2. The molecule has 74 valence electrons. The summed E-state index contributed by atoms with van der Waals surface area (Å²) in [7, 11) is 0. The Balaban J connectivity index is 2.74. The maximum absolute atomic E-state index is 5.95. The summed E-state index contributed by atoms with van der Waals surface area (Å²) in [5.74, 6) is 0.425. The van der Waals surface area contributed by atoms with Crippen LogP contribution in [-0.2, 0) is 0 Å². The van der Waals surface area contributed by atoms with Gasteiger partial charge in [0.1, 0.15) is 5.58 Å². The van der Waals surface area contributed by atoms with E-state index in [-0.39, 0.29) is 0 Å². The first-order valence-corrected chi connectivity index (χ1v) is 5.21. The monoisotopic (exact) mass is 228 g/mol. The minimum Gasteiger partial charge on any atom is -0.464 e. The Labute approximate surface area is 92.6 Å². The van der Waals surface area contributed by atoms with Crippen LogP contribution in [0.15, 0.2) is 22.8 Å². The predicted molar refractivity (Wildman–Crippen MR) is 60.3 cm³/mol. The SMILES string of the molecule is CC(C)c1coc2cc(Cl)c(Cl)cc12. The van der Waals surface area contributed by atoms with E-state index in [2.05, 4.69) is 13.8 Å². The summed E-state index contributed by atoms with van der Waals surface area (Å²) in [6.45, 7) is 4.24. The van der Waals surface area contributed by atoms with Crippen LogP contribution < -0.4 is 0 Å². The molecule has 2 rings (SSSR count). The molecule has 0 bridgehead atoms. The van der Waals surface area contributed by atoms with Gasteiger partial charge in [-0.25, -0.2) is 0 Å². The molecule has 0 N–H and O–H groups in total. The lowest BCUT2D eigenvalue weighted by Crippen LogP contribution is -1.83. The van der Waals surface area contributed by atoms with Crippen molar-refractivity contribution in [3.63, 3.8) is 0 Å². The standard InChI is InChI=1S/C11H10Cl2O/c1-6(2)8-5-14-11-4-10(13)9(12)3-7(8)11/h3-6H,1-2H3. The van der Waals surface area contributed by atoms with E-state index in [0.29, 0.717) is 16.0 Å². The van der Waals surface area contributed by atoms with Crippen molar-refractivity contribution < 1.29 is 4.42 Å². The maximum atomic E-state index is 5.95. The molecule has 0 atom stereocenters. The average molecular weight is 229 g/mol. The van der Waals surface area contributed by atoms with Crippen LogP contribution in [0.5, 0.6) is 0 Å². The normalized spacial score (nSPS) is 11.5. The highest BCUT2D eigenvalue weighted by Gasteiger charge is 2.11. The summed E-state index contributed by atoms with van der Waals surface area (Å²) in [5, 5.41) is 2.15. The first-order valence-electron chi connectivity index (χ1n) is 4.45. The highest BCUT2D eigenvalue weighted by Crippen LogP contribution is 2.33. The Bertz CT molecular complexity index is 471. The van der Waals surface area contributed by atoms with Crippen LogP contribution in [0.4, 0.5) is 0 Å². The molecule has 0 amide bonds. The van der Waals surface area contributed by atoms with Crippen molar-refractivity contribution in [2.75, 3.05) is 0 Å². The summed E-state index contributed by atoms with van der Waals surface area (Å²) in [6.07, 6.45) is 1.77. The van der Waals surface area contributed by atoms with Crippen LogP contribution in [0.3, 0.4) is 0 Å². The third kappa shape index (κ3) is 1.51. The molecule has 1 aromatic carbocycles. The second kappa shape index (κ2) is 3.48. The highest BCUT2D eigenvalue weighted by molar-refractivity contribution is 6.42. The van der Waals surface area contributed by atoms with Crippen LogP contribution >= 0.6 is 23.2 Å². The second-order valence-electron chi connectivity index (χ2n) is 3.61. The van der Waals surface area contributed by atoms with Gasteiger partial charge in [0.2, 0.25) is 0 Å². The zero-order valence-electron chi connectivity index (χ0n) is 7.97.